The average molecular weight is 370 g/mol. The number of anilines is 1. The molecular weight excluding hydrogens is 340 g/mol. The van der Waals surface area contributed by atoms with Crippen molar-refractivity contribution >= 4 is 22.6 Å². The van der Waals surface area contributed by atoms with Crippen LogP contribution in [0.4, 0.5) is 5.95 Å². The number of hydrazone groups is 1. The van der Waals surface area contributed by atoms with Crippen LogP contribution in [-0.4, -0.2) is 28.0 Å². The summed E-state index contributed by atoms with van der Waals surface area (Å²) in [6.07, 6.45) is 5.55. The molecule has 6 nitrogen and oxygen atoms in total. The maximum absolute atomic E-state index is 13.0. The van der Waals surface area contributed by atoms with Crippen molar-refractivity contribution in [2.45, 2.75) is 65.5 Å². The van der Waals surface area contributed by atoms with Gasteiger partial charge in [-0.05, 0) is 57.6 Å². The predicted molar refractivity (Wildman–Crippen MR) is 110 cm³/mol. The molecule has 1 aromatic carbocycles. The molecule has 0 spiro atoms. The zero-order valence-corrected chi connectivity index (χ0v) is 16.6. The Morgan fingerprint density at radius 3 is 2.93 bits per heavy atom. The van der Waals surface area contributed by atoms with E-state index in [1.165, 1.54) is 25.0 Å². The highest BCUT2D eigenvalue weighted by Crippen LogP contribution is 2.21. The van der Waals surface area contributed by atoms with Gasteiger partial charge in [0.15, 0.2) is 0 Å². The Morgan fingerprint density at radius 1 is 1.33 bits per heavy atom. The van der Waals surface area contributed by atoms with E-state index in [0.717, 1.165) is 12.8 Å². The van der Waals surface area contributed by atoms with Gasteiger partial charge in [-0.1, -0.05) is 25.5 Å². The van der Waals surface area contributed by atoms with Gasteiger partial charge in [0, 0.05) is 18.9 Å². The van der Waals surface area contributed by atoms with Gasteiger partial charge in [0.05, 0.1) is 17.0 Å². The molecule has 0 saturated heterocycles. The third kappa shape index (κ3) is 4.95. The summed E-state index contributed by atoms with van der Waals surface area (Å²) in [5.74, 6) is 0.986. The Bertz CT molecular complexity index is 857. The number of hydrogen-bond donors (Lipinski definition) is 1. The highest BCUT2D eigenvalue weighted by atomic mass is 16.5. The molecule has 1 fully saturated rings. The topological polar surface area (TPSA) is 68.5 Å². The molecule has 1 aliphatic carbocycles. The van der Waals surface area contributed by atoms with Crippen molar-refractivity contribution in [1.82, 2.24) is 9.55 Å². The second-order valence-corrected chi connectivity index (χ2v) is 7.54. The van der Waals surface area contributed by atoms with E-state index in [1.54, 1.807) is 4.57 Å². The highest BCUT2D eigenvalue weighted by molar-refractivity contribution is 5.87. The Labute approximate surface area is 160 Å². The lowest BCUT2D eigenvalue weighted by Gasteiger charge is -2.20. The molecule has 0 amide bonds. The molecule has 1 unspecified atom stereocenters. The molecule has 1 aromatic heterocycles. The standard InChI is InChI=1S/C21H30N4O2/c1-15(2)27-14-8-13-25-20(26)17-10-5-7-12-19(17)22-21(25)24-23-18-11-6-4-9-16(18)3/h5,7,10,12,15-16H,4,6,8-9,11,13-14H2,1-3H3,(H,22,24)/b23-18-. The first-order valence-electron chi connectivity index (χ1n) is 10.00. The summed E-state index contributed by atoms with van der Waals surface area (Å²) < 4.78 is 7.30. The number of hydrogen-bond acceptors (Lipinski definition) is 5. The van der Waals surface area contributed by atoms with Crippen LogP contribution in [0.15, 0.2) is 34.2 Å². The first-order chi connectivity index (χ1) is 13.1. The van der Waals surface area contributed by atoms with Crippen molar-refractivity contribution in [3.05, 3.63) is 34.6 Å². The summed E-state index contributed by atoms with van der Waals surface area (Å²) in [4.78, 5) is 17.6. The van der Waals surface area contributed by atoms with Gasteiger partial charge in [-0.25, -0.2) is 10.4 Å². The zero-order chi connectivity index (χ0) is 19.2. The average Bonchev–Trinajstić information content (AvgIpc) is 2.66. The number of nitrogens with zero attached hydrogens (tertiary/aromatic N) is 3. The van der Waals surface area contributed by atoms with Crippen molar-refractivity contribution < 1.29 is 4.74 Å². The van der Waals surface area contributed by atoms with Crippen LogP contribution in [0.25, 0.3) is 10.9 Å². The lowest BCUT2D eigenvalue weighted by atomic mass is 9.89. The van der Waals surface area contributed by atoms with Crippen LogP contribution >= 0.6 is 0 Å². The Kier molecular flexibility index (Phi) is 6.61. The van der Waals surface area contributed by atoms with Crippen molar-refractivity contribution in [1.29, 1.82) is 0 Å². The van der Waals surface area contributed by atoms with Gasteiger partial charge < -0.3 is 4.74 Å². The Balaban J connectivity index is 1.87. The quantitative estimate of drug-likeness (QED) is 0.586. The van der Waals surface area contributed by atoms with Crippen molar-refractivity contribution in [2.75, 3.05) is 12.0 Å². The summed E-state index contributed by atoms with van der Waals surface area (Å²) in [6.45, 7) is 7.40. The molecule has 1 atom stereocenters. The minimum absolute atomic E-state index is 0.0375. The molecule has 2 aromatic rings. The van der Waals surface area contributed by atoms with Crippen LogP contribution in [0.3, 0.4) is 0 Å². The van der Waals surface area contributed by atoms with E-state index in [9.17, 15) is 4.79 Å². The number of aromatic nitrogens is 2. The van der Waals surface area contributed by atoms with Crippen molar-refractivity contribution in [3.8, 4) is 0 Å². The summed E-state index contributed by atoms with van der Waals surface area (Å²) in [6, 6.07) is 7.46. The smallest absolute Gasteiger partial charge is 0.262 e. The van der Waals surface area contributed by atoms with E-state index < -0.39 is 0 Å². The minimum Gasteiger partial charge on any atom is -0.379 e. The lowest BCUT2D eigenvalue weighted by molar-refractivity contribution is 0.0748. The van der Waals surface area contributed by atoms with Crippen LogP contribution in [0, 0.1) is 5.92 Å². The van der Waals surface area contributed by atoms with Crippen LogP contribution in [0.5, 0.6) is 0 Å². The first kappa shape index (κ1) is 19.5. The van der Waals surface area contributed by atoms with Crippen LogP contribution in [-0.2, 0) is 11.3 Å². The van der Waals surface area contributed by atoms with E-state index >= 15 is 0 Å². The predicted octanol–water partition coefficient (Wildman–Crippen LogP) is 4.19. The fourth-order valence-electron chi connectivity index (χ4n) is 3.46. The summed E-state index contributed by atoms with van der Waals surface area (Å²) in [5.41, 5.74) is 4.91. The molecule has 0 radical (unpaired) electrons. The number of fused-ring (bicyclic) bond motifs is 1. The molecule has 0 aliphatic heterocycles. The number of nitrogens with one attached hydrogen (secondary N) is 1. The van der Waals surface area contributed by atoms with Gasteiger partial charge in [0.2, 0.25) is 5.95 Å². The van der Waals surface area contributed by atoms with E-state index in [-0.39, 0.29) is 11.7 Å². The Morgan fingerprint density at radius 2 is 2.15 bits per heavy atom. The van der Waals surface area contributed by atoms with Crippen molar-refractivity contribution in [2.24, 2.45) is 11.0 Å². The second kappa shape index (κ2) is 9.13. The zero-order valence-electron chi connectivity index (χ0n) is 16.6. The number of benzene rings is 1. The minimum atomic E-state index is -0.0375. The maximum Gasteiger partial charge on any atom is 0.262 e. The lowest BCUT2D eigenvalue weighted by Crippen LogP contribution is -2.26. The molecule has 6 heteroatoms. The molecule has 27 heavy (non-hydrogen) atoms. The number of rotatable bonds is 7. The summed E-state index contributed by atoms with van der Waals surface area (Å²) in [7, 11) is 0. The molecule has 1 N–H and O–H groups in total. The molecule has 146 valence electrons. The summed E-state index contributed by atoms with van der Waals surface area (Å²) in [5, 5.41) is 5.24. The fourth-order valence-corrected chi connectivity index (χ4v) is 3.46. The van der Waals surface area contributed by atoms with Gasteiger partial charge in [-0.2, -0.15) is 5.10 Å². The number of para-hydroxylation sites is 1. The van der Waals surface area contributed by atoms with E-state index in [2.05, 4.69) is 22.4 Å². The van der Waals surface area contributed by atoms with Gasteiger partial charge in [0.25, 0.3) is 5.56 Å². The first-order valence-corrected chi connectivity index (χ1v) is 10.00. The highest BCUT2D eigenvalue weighted by Gasteiger charge is 2.16. The molecular formula is C21H30N4O2. The van der Waals surface area contributed by atoms with Crippen molar-refractivity contribution in [3.63, 3.8) is 0 Å². The monoisotopic (exact) mass is 370 g/mol. The molecule has 1 saturated carbocycles. The Hall–Kier alpha value is -2.21. The van der Waals surface area contributed by atoms with E-state index in [4.69, 9.17) is 4.74 Å². The third-order valence-corrected chi connectivity index (χ3v) is 5.03. The van der Waals surface area contributed by atoms with Gasteiger partial charge in [-0.15, -0.1) is 0 Å². The normalized spacial score (nSPS) is 19.1. The van der Waals surface area contributed by atoms with E-state index in [0.29, 0.717) is 35.9 Å². The van der Waals surface area contributed by atoms with Crippen LogP contribution in [0.2, 0.25) is 0 Å². The van der Waals surface area contributed by atoms with Crippen LogP contribution in [0.1, 0.15) is 52.9 Å². The SMILES string of the molecule is CC(C)OCCCn1c(N/N=C2/CCCCC2C)nc2ccccc2c1=O. The van der Waals surface area contributed by atoms with Gasteiger partial charge in [-0.3, -0.25) is 9.36 Å². The largest absolute Gasteiger partial charge is 0.379 e. The number of ether oxygens (including phenoxy) is 1. The second-order valence-electron chi connectivity index (χ2n) is 7.54. The van der Waals surface area contributed by atoms with E-state index in [1.807, 2.05) is 38.1 Å². The van der Waals surface area contributed by atoms with Gasteiger partial charge >= 0.3 is 0 Å². The van der Waals surface area contributed by atoms with Gasteiger partial charge in [0.1, 0.15) is 0 Å². The molecule has 1 aliphatic rings. The molecule has 3 rings (SSSR count). The molecule has 0 bridgehead atoms. The molecule has 1 heterocycles. The van der Waals surface area contributed by atoms with Crippen LogP contribution < -0.4 is 11.0 Å². The fraction of sp³-hybridized carbons (Fsp3) is 0.571. The third-order valence-electron chi connectivity index (χ3n) is 5.03. The maximum atomic E-state index is 13.0. The summed E-state index contributed by atoms with van der Waals surface area (Å²) >= 11 is 0.